The summed E-state index contributed by atoms with van der Waals surface area (Å²) in [4.78, 5) is 4.26. The predicted octanol–water partition coefficient (Wildman–Crippen LogP) is 4.31. The predicted molar refractivity (Wildman–Crippen MR) is 79.9 cm³/mol. The Balaban J connectivity index is 2.41. The number of nitrogens with one attached hydrogen (secondary N) is 1. The smallest absolute Gasteiger partial charge is 0.145 e. The minimum atomic E-state index is -0.334. The Kier molecular flexibility index (Phi) is 4.03. The Labute approximate surface area is 118 Å². The van der Waals surface area contributed by atoms with Gasteiger partial charge < -0.3 is 10.1 Å². The Bertz CT molecular complexity index is 653. The zero-order chi connectivity index (χ0) is 14.7. The van der Waals surface area contributed by atoms with Crippen LogP contribution in [0.25, 0.3) is 5.57 Å². The van der Waals surface area contributed by atoms with E-state index in [0.717, 1.165) is 17.0 Å². The second kappa shape index (κ2) is 5.74. The van der Waals surface area contributed by atoms with Crippen molar-refractivity contribution in [2.75, 3.05) is 12.4 Å². The van der Waals surface area contributed by atoms with Crippen molar-refractivity contribution < 1.29 is 9.13 Å². The number of ether oxygens (including phenoxy) is 1. The molecule has 0 saturated heterocycles. The first-order valence-corrected chi connectivity index (χ1v) is 6.25. The summed E-state index contributed by atoms with van der Waals surface area (Å²) in [5, 5.41) is 3.18. The molecule has 1 heterocycles. The van der Waals surface area contributed by atoms with Crippen LogP contribution in [0.1, 0.15) is 18.2 Å². The topological polar surface area (TPSA) is 34.2 Å². The molecular formula is C16H17FN2O. The summed E-state index contributed by atoms with van der Waals surface area (Å²) in [7, 11) is 1.61. The summed E-state index contributed by atoms with van der Waals surface area (Å²) in [5.41, 5.74) is 2.59. The van der Waals surface area contributed by atoms with Gasteiger partial charge in [-0.15, -0.1) is 0 Å². The molecule has 0 fully saturated rings. The van der Waals surface area contributed by atoms with E-state index in [1.807, 2.05) is 31.2 Å². The van der Waals surface area contributed by atoms with Gasteiger partial charge in [-0.1, -0.05) is 12.6 Å². The number of halogens is 1. The standard InChI is InChI=1S/C16H17FN2O/c1-10(2)14-9-15(17)11(3)18-16(14)19-12-6-5-7-13(8-12)20-4/h5-9H,1H2,2-4H3,(H,18,19). The maximum absolute atomic E-state index is 13.6. The number of methoxy groups -OCH3 is 1. The van der Waals surface area contributed by atoms with Crippen LogP contribution in [0.2, 0.25) is 0 Å². The number of benzene rings is 1. The summed E-state index contributed by atoms with van der Waals surface area (Å²) in [5.74, 6) is 0.995. The van der Waals surface area contributed by atoms with Crippen LogP contribution in [0, 0.1) is 12.7 Å². The van der Waals surface area contributed by atoms with Crippen LogP contribution < -0.4 is 10.1 Å². The highest BCUT2D eigenvalue weighted by molar-refractivity contribution is 5.75. The third-order valence-corrected chi connectivity index (χ3v) is 2.94. The fraction of sp³-hybridized carbons (Fsp3) is 0.188. The zero-order valence-corrected chi connectivity index (χ0v) is 11.8. The van der Waals surface area contributed by atoms with Crippen LogP contribution in [-0.4, -0.2) is 12.1 Å². The van der Waals surface area contributed by atoms with E-state index >= 15 is 0 Å². The minimum absolute atomic E-state index is 0.334. The van der Waals surface area contributed by atoms with Gasteiger partial charge in [0.25, 0.3) is 0 Å². The van der Waals surface area contributed by atoms with Crippen molar-refractivity contribution in [3.8, 4) is 5.75 Å². The van der Waals surface area contributed by atoms with E-state index in [9.17, 15) is 4.39 Å². The van der Waals surface area contributed by atoms with Crippen molar-refractivity contribution >= 4 is 17.1 Å². The molecule has 0 aliphatic rings. The van der Waals surface area contributed by atoms with Crippen LogP contribution in [0.3, 0.4) is 0 Å². The molecule has 2 aromatic rings. The van der Waals surface area contributed by atoms with Gasteiger partial charge in [0.2, 0.25) is 0 Å². The quantitative estimate of drug-likeness (QED) is 0.900. The van der Waals surface area contributed by atoms with Gasteiger partial charge in [0.1, 0.15) is 17.4 Å². The fourth-order valence-electron chi connectivity index (χ4n) is 1.84. The largest absolute Gasteiger partial charge is 0.497 e. The molecule has 0 unspecified atom stereocenters. The van der Waals surface area contributed by atoms with E-state index in [1.165, 1.54) is 6.07 Å². The lowest BCUT2D eigenvalue weighted by molar-refractivity contribution is 0.415. The highest BCUT2D eigenvalue weighted by atomic mass is 19.1. The second-order valence-electron chi connectivity index (χ2n) is 4.59. The molecule has 0 amide bonds. The molecule has 1 N–H and O–H groups in total. The number of nitrogens with zero attached hydrogens (tertiary/aromatic N) is 1. The summed E-state index contributed by atoms with van der Waals surface area (Å²) >= 11 is 0. The number of pyridine rings is 1. The van der Waals surface area contributed by atoms with Gasteiger partial charge in [-0.05, 0) is 37.6 Å². The molecule has 104 valence electrons. The Hall–Kier alpha value is -2.36. The number of anilines is 2. The first-order chi connectivity index (χ1) is 9.51. The highest BCUT2D eigenvalue weighted by Gasteiger charge is 2.10. The minimum Gasteiger partial charge on any atom is -0.497 e. The lowest BCUT2D eigenvalue weighted by atomic mass is 10.1. The van der Waals surface area contributed by atoms with Crippen molar-refractivity contribution in [2.45, 2.75) is 13.8 Å². The van der Waals surface area contributed by atoms with E-state index in [0.29, 0.717) is 17.1 Å². The van der Waals surface area contributed by atoms with Gasteiger partial charge in [0.15, 0.2) is 0 Å². The molecule has 0 radical (unpaired) electrons. The average molecular weight is 272 g/mol. The first kappa shape index (κ1) is 14.1. The molecular weight excluding hydrogens is 255 g/mol. The number of aromatic nitrogens is 1. The third kappa shape index (κ3) is 2.96. The van der Waals surface area contributed by atoms with Gasteiger partial charge in [-0.3, -0.25) is 0 Å². The number of hydrogen-bond donors (Lipinski definition) is 1. The number of rotatable bonds is 4. The van der Waals surface area contributed by atoms with E-state index in [2.05, 4.69) is 16.9 Å². The van der Waals surface area contributed by atoms with E-state index in [1.54, 1.807) is 14.0 Å². The van der Waals surface area contributed by atoms with Crippen molar-refractivity contribution in [2.24, 2.45) is 0 Å². The molecule has 0 aliphatic heterocycles. The number of aryl methyl sites for hydroxylation is 1. The molecule has 0 bridgehead atoms. The SMILES string of the molecule is C=C(C)c1cc(F)c(C)nc1Nc1cccc(OC)c1. The van der Waals surface area contributed by atoms with E-state index < -0.39 is 0 Å². The zero-order valence-electron chi connectivity index (χ0n) is 11.8. The third-order valence-electron chi connectivity index (χ3n) is 2.94. The molecule has 0 aliphatic carbocycles. The van der Waals surface area contributed by atoms with Crippen LogP contribution in [0.15, 0.2) is 36.9 Å². The van der Waals surface area contributed by atoms with Gasteiger partial charge >= 0.3 is 0 Å². The van der Waals surface area contributed by atoms with Crippen molar-refractivity contribution in [1.29, 1.82) is 0 Å². The molecule has 4 heteroatoms. The maximum Gasteiger partial charge on any atom is 0.145 e. The van der Waals surface area contributed by atoms with Crippen molar-refractivity contribution in [3.63, 3.8) is 0 Å². The molecule has 0 atom stereocenters. The van der Waals surface area contributed by atoms with Crippen LogP contribution in [-0.2, 0) is 0 Å². The highest BCUT2D eigenvalue weighted by Crippen LogP contribution is 2.27. The Morgan fingerprint density at radius 1 is 1.35 bits per heavy atom. The molecule has 1 aromatic heterocycles. The fourth-order valence-corrected chi connectivity index (χ4v) is 1.84. The average Bonchev–Trinajstić information content (AvgIpc) is 2.42. The first-order valence-electron chi connectivity index (χ1n) is 6.25. The van der Waals surface area contributed by atoms with E-state index in [4.69, 9.17) is 4.74 Å². The monoisotopic (exact) mass is 272 g/mol. The maximum atomic E-state index is 13.6. The number of allylic oxidation sites excluding steroid dienone is 1. The van der Waals surface area contributed by atoms with Gasteiger partial charge in [0.05, 0.1) is 12.8 Å². The van der Waals surface area contributed by atoms with Crippen LogP contribution >= 0.6 is 0 Å². The molecule has 0 saturated carbocycles. The van der Waals surface area contributed by atoms with Crippen LogP contribution in [0.4, 0.5) is 15.9 Å². The van der Waals surface area contributed by atoms with Crippen molar-refractivity contribution in [3.05, 3.63) is 54.0 Å². The summed E-state index contributed by atoms with van der Waals surface area (Å²) in [6, 6.07) is 8.92. The lowest BCUT2D eigenvalue weighted by Gasteiger charge is -2.13. The Morgan fingerprint density at radius 2 is 2.10 bits per heavy atom. The van der Waals surface area contributed by atoms with Gasteiger partial charge in [-0.25, -0.2) is 9.37 Å². The van der Waals surface area contributed by atoms with Gasteiger partial charge in [0, 0.05) is 17.3 Å². The van der Waals surface area contributed by atoms with Crippen LogP contribution in [0.5, 0.6) is 5.75 Å². The molecule has 1 aromatic carbocycles. The molecule has 2 rings (SSSR count). The van der Waals surface area contributed by atoms with Crippen molar-refractivity contribution in [1.82, 2.24) is 4.98 Å². The summed E-state index contributed by atoms with van der Waals surface area (Å²) < 4.78 is 18.8. The second-order valence-corrected chi connectivity index (χ2v) is 4.59. The lowest BCUT2D eigenvalue weighted by Crippen LogP contribution is -2.01. The molecule has 0 spiro atoms. The number of hydrogen-bond acceptors (Lipinski definition) is 3. The Morgan fingerprint density at radius 3 is 2.75 bits per heavy atom. The molecule has 20 heavy (non-hydrogen) atoms. The normalized spacial score (nSPS) is 10.2. The summed E-state index contributed by atoms with van der Waals surface area (Å²) in [6.07, 6.45) is 0. The molecule has 3 nitrogen and oxygen atoms in total. The van der Waals surface area contributed by atoms with E-state index in [-0.39, 0.29) is 5.82 Å². The van der Waals surface area contributed by atoms with Gasteiger partial charge in [-0.2, -0.15) is 0 Å². The summed E-state index contributed by atoms with van der Waals surface area (Å²) in [6.45, 7) is 7.32.